The van der Waals surface area contributed by atoms with Gasteiger partial charge in [0, 0.05) is 5.69 Å². The average molecular weight is 397 g/mol. The first kappa shape index (κ1) is 20.6. The molecule has 7 heteroatoms. The number of hydrogen-bond donors (Lipinski definition) is 2. The molecule has 1 aromatic carbocycles. The van der Waals surface area contributed by atoms with Gasteiger partial charge in [-0.05, 0) is 42.0 Å². The van der Waals surface area contributed by atoms with Crippen LogP contribution < -0.4 is 10.6 Å². The molecule has 0 spiro atoms. The van der Waals surface area contributed by atoms with E-state index in [-0.39, 0.29) is 18.4 Å². The number of nitrogens with one attached hydrogen (secondary N) is 2. The quantitative estimate of drug-likeness (QED) is 0.723. The van der Waals surface area contributed by atoms with Crippen molar-refractivity contribution < 1.29 is 18.8 Å². The first-order valence-corrected chi connectivity index (χ1v) is 9.76. The van der Waals surface area contributed by atoms with Crippen molar-refractivity contribution in [3.05, 3.63) is 53.5 Å². The Morgan fingerprint density at radius 3 is 2.24 bits per heavy atom. The Morgan fingerprint density at radius 1 is 1.10 bits per heavy atom. The molecule has 0 bridgehead atoms. The summed E-state index contributed by atoms with van der Waals surface area (Å²) in [5.41, 5.74) is 1.47. The van der Waals surface area contributed by atoms with Gasteiger partial charge < -0.3 is 15.1 Å². The Bertz CT molecular complexity index is 907. The van der Waals surface area contributed by atoms with Crippen LogP contribution in [0.1, 0.15) is 63.3 Å². The van der Waals surface area contributed by atoms with E-state index < -0.39 is 23.4 Å². The number of anilines is 1. The molecule has 1 aliphatic rings. The van der Waals surface area contributed by atoms with E-state index >= 15 is 0 Å². The van der Waals surface area contributed by atoms with Crippen LogP contribution in [0.2, 0.25) is 0 Å². The second-order valence-electron chi connectivity index (χ2n) is 8.09. The molecule has 2 aromatic rings. The van der Waals surface area contributed by atoms with Crippen molar-refractivity contribution in [2.24, 2.45) is 0 Å². The topological polar surface area (TPSA) is 91.7 Å². The molecule has 7 nitrogen and oxygen atoms in total. The summed E-state index contributed by atoms with van der Waals surface area (Å²) in [6.07, 6.45) is 1.44. The van der Waals surface area contributed by atoms with E-state index in [4.69, 9.17) is 4.42 Å². The molecule has 1 fully saturated rings. The molecule has 0 aliphatic carbocycles. The van der Waals surface area contributed by atoms with Crippen molar-refractivity contribution in [1.29, 1.82) is 0 Å². The highest BCUT2D eigenvalue weighted by Gasteiger charge is 2.51. The fourth-order valence-corrected chi connectivity index (χ4v) is 3.59. The van der Waals surface area contributed by atoms with Gasteiger partial charge in [-0.25, -0.2) is 4.79 Å². The van der Waals surface area contributed by atoms with Crippen LogP contribution in [0, 0.1) is 0 Å². The van der Waals surface area contributed by atoms with E-state index in [2.05, 4.69) is 38.3 Å². The maximum atomic E-state index is 12.9. The molecule has 0 saturated carbocycles. The van der Waals surface area contributed by atoms with E-state index in [0.717, 1.165) is 21.7 Å². The highest BCUT2D eigenvalue weighted by molar-refractivity contribution is 6.10. The van der Waals surface area contributed by atoms with E-state index in [1.54, 1.807) is 19.1 Å². The lowest BCUT2D eigenvalue weighted by molar-refractivity contribution is -0.134. The number of imide groups is 1. The zero-order valence-corrected chi connectivity index (χ0v) is 17.4. The molecule has 3 rings (SSSR count). The van der Waals surface area contributed by atoms with Crippen LogP contribution in [0.5, 0.6) is 0 Å². The predicted octanol–water partition coefficient (Wildman–Crippen LogP) is 3.93. The Kier molecular flexibility index (Phi) is 5.50. The minimum Gasteiger partial charge on any atom is -0.466 e. The zero-order valence-electron chi connectivity index (χ0n) is 17.4. The number of carbonyl (C=O) groups excluding carboxylic acids is 3. The molecule has 29 heavy (non-hydrogen) atoms. The van der Waals surface area contributed by atoms with E-state index in [9.17, 15) is 14.4 Å². The molecule has 1 unspecified atom stereocenters. The van der Waals surface area contributed by atoms with Crippen molar-refractivity contribution in [2.45, 2.75) is 52.0 Å². The molecule has 2 heterocycles. The number of urea groups is 1. The lowest BCUT2D eigenvalue weighted by Gasteiger charge is -2.21. The lowest BCUT2D eigenvalue weighted by Crippen LogP contribution is -2.42. The third-order valence-electron chi connectivity index (χ3n) is 5.23. The van der Waals surface area contributed by atoms with Gasteiger partial charge >= 0.3 is 6.03 Å². The Labute approximate surface area is 170 Å². The normalized spacial score (nSPS) is 19.2. The molecule has 2 N–H and O–H groups in total. The van der Waals surface area contributed by atoms with E-state index in [0.29, 0.717) is 5.76 Å². The first-order valence-electron chi connectivity index (χ1n) is 9.76. The maximum Gasteiger partial charge on any atom is 0.325 e. The summed E-state index contributed by atoms with van der Waals surface area (Å²) in [4.78, 5) is 39.0. The highest BCUT2D eigenvalue weighted by Crippen LogP contribution is 2.33. The summed E-state index contributed by atoms with van der Waals surface area (Å²) in [5, 5.41) is 5.56. The Balaban J connectivity index is 1.82. The van der Waals surface area contributed by atoms with Crippen molar-refractivity contribution in [3.8, 4) is 0 Å². The largest absolute Gasteiger partial charge is 0.466 e. The van der Waals surface area contributed by atoms with Gasteiger partial charge in [0.25, 0.3) is 5.91 Å². The fourth-order valence-electron chi connectivity index (χ4n) is 3.59. The van der Waals surface area contributed by atoms with Gasteiger partial charge in [-0.1, -0.05) is 45.9 Å². The predicted molar refractivity (Wildman–Crippen MR) is 110 cm³/mol. The number of nitrogens with zero attached hydrogens (tertiary/aromatic N) is 1. The SMILES string of the molecule is CC(C)c1cccc(C(C)C)c1NC(=O)CN1C(=O)NC(C)(c2ccco2)C1=O. The van der Waals surface area contributed by atoms with Gasteiger partial charge in [0.15, 0.2) is 5.54 Å². The van der Waals surface area contributed by atoms with Crippen LogP contribution in [0.25, 0.3) is 0 Å². The number of para-hydroxylation sites is 1. The van der Waals surface area contributed by atoms with Gasteiger partial charge in [-0.15, -0.1) is 0 Å². The van der Waals surface area contributed by atoms with Crippen LogP contribution >= 0.6 is 0 Å². The van der Waals surface area contributed by atoms with Gasteiger partial charge in [0.1, 0.15) is 12.3 Å². The van der Waals surface area contributed by atoms with E-state index in [1.807, 2.05) is 18.2 Å². The smallest absolute Gasteiger partial charge is 0.325 e. The summed E-state index contributed by atoms with van der Waals surface area (Å²) in [6, 6.07) is 8.58. The zero-order chi connectivity index (χ0) is 21.3. The maximum absolute atomic E-state index is 12.9. The molecule has 1 aromatic heterocycles. The minimum absolute atomic E-state index is 0.211. The fraction of sp³-hybridized carbons (Fsp3) is 0.409. The standard InChI is InChI=1S/C22H27N3O4/c1-13(2)15-8-6-9-16(14(3)4)19(15)23-18(26)12-25-20(27)22(5,24-21(25)28)17-10-7-11-29-17/h6-11,13-14H,12H2,1-5H3,(H,23,26)(H,24,28). The highest BCUT2D eigenvalue weighted by atomic mass is 16.3. The number of furan rings is 1. The summed E-state index contributed by atoms with van der Waals surface area (Å²) in [7, 11) is 0. The van der Waals surface area contributed by atoms with E-state index in [1.165, 1.54) is 6.26 Å². The van der Waals surface area contributed by atoms with Crippen LogP contribution in [-0.2, 0) is 15.1 Å². The van der Waals surface area contributed by atoms with Gasteiger partial charge in [0.2, 0.25) is 5.91 Å². The molecule has 0 radical (unpaired) electrons. The molecule has 4 amide bonds. The third kappa shape index (κ3) is 3.77. The lowest BCUT2D eigenvalue weighted by atomic mass is 9.92. The van der Waals surface area contributed by atoms with Crippen LogP contribution in [0.15, 0.2) is 41.0 Å². The van der Waals surface area contributed by atoms with Gasteiger partial charge in [0.05, 0.1) is 6.26 Å². The number of rotatable bonds is 6. The molecule has 1 aliphatic heterocycles. The minimum atomic E-state index is -1.32. The number of amides is 4. The van der Waals surface area contributed by atoms with Crippen molar-refractivity contribution in [3.63, 3.8) is 0 Å². The molecule has 1 atom stereocenters. The second kappa shape index (κ2) is 7.73. The monoisotopic (exact) mass is 397 g/mol. The molecular formula is C22H27N3O4. The van der Waals surface area contributed by atoms with Crippen molar-refractivity contribution in [2.75, 3.05) is 11.9 Å². The van der Waals surface area contributed by atoms with Crippen LogP contribution in [0.4, 0.5) is 10.5 Å². The van der Waals surface area contributed by atoms with Gasteiger partial charge in [-0.2, -0.15) is 0 Å². The van der Waals surface area contributed by atoms with Gasteiger partial charge in [-0.3, -0.25) is 14.5 Å². The molecular weight excluding hydrogens is 370 g/mol. The summed E-state index contributed by atoms with van der Waals surface area (Å²) in [5.74, 6) is -0.196. The summed E-state index contributed by atoms with van der Waals surface area (Å²) >= 11 is 0. The van der Waals surface area contributed by atoms with Crippen LogP contribution in [0.3, 0.4) is 0 Å². The Morgan fingerprint density at radius 2 is 1.72 bits per heavy atom. The van der Waals surface area contributed by atoms with Crippen molar-refractivity contribution >= 4 is 23.5 Å². The number of hydrogen-bond acceptors (Lipinski definition) is 4. The summed E-state index contributed by atoms with van der Waals surface area (Å²) in [6.45, 7) is 9.42. The molecule has 1 saturated heterocycles. The first-order chi connectivity index (χ1) is 13.6. The van der Waals surface area contributed by atoms with Crippen LogP contribution in [-0.4, -0.2) is 29.3 Å². The van der Waals surface area contributed by atoms with Crippen molar-refractivity contribution in [1.82, 2.24) is 10.2 Å². The summed E-state index contributed by atoms with van der Waals surface area (Å²) < 4.78 is 5.31. The average Bonchev–Trinajstić information content (AvgIpc) is 3.26. The third-order valence-corrected chi connectivity index (χ3v) is 5.23. The number of benzene rings is 1. The molecule has 154 valence electrons. The number of carbonyl (C=O) groups is 3. The second-order valence-corrected chi connectivity index (χ2v) is 8.09. The Hall–Kier alpha value is -3.09.